The first-order chi connectivity index (χ1) is 18.7. The van der Waals surface area contributed by atoms with Gasteiger partial charge in [-0.3, -0.25) is 13.9 Å². The van der Waals surface area contributed by atoms with E-state index in [0.717, 1.165) is 34.0 Å². The molecule has 1 atom stereocenters. The van der Waals surface area contributed by atoms with Gasteiger partial charge in [-0.1, -0.05) is 61.9 Å². The first-order valence-corrected chi connectivity index (χ1v) is 14.6. The van der Waals surface area contributed by atoms with Crippen LogP contribution in [0.1, 0.15) is 37.8 Å². The van der Waals surface area contributed by atoms with Gasteiger partial charge in [0, 0.05) is 13.1 Å². The molecule has 1 N–H and O–H groups in total. The Labute approximate surface area is 230 Å². The van der Waals surface area contributed by atoms with Crippen molar-refractivity contribution in [3.05, 3.63) is 95.8 Å². The number of carbonyl (C=O) groups is 2. The SMILES string of the molecule is CCCNC(=O)[C@@H](CC)N(CCc1ccccc1)C(=O)CN(c1ccc(F)cc1)S(=O)(=O)c1ccc(C)cc1. The summed E-state index contributed by atoms with van der Waals surface area (Å²) in [5.74, 6) is -1.33. The molecule has 0 aliphatic carbocycles. The molecule has 0 aliphatic heterocycles. The Morgan fingerprint density at radius 2 is 1.56 bits per heavy atom. The topological polar surface area (TPSA) is 86.8 Å². The first kappa shape index (κ1) is 29.8. The molecule has 0 unspecified atom stereocenters. The molecule has 7 nitrogen and oxygen atoms in total. The average molecular weight is 554 g/mol. The van der Waals surface area contributed by atoms with Crippen LogP contribution in [0.25, 0.3) is 0 Å². The van der Waals surface area contributed by atoms with Crippen LogP contribution in [0.3, 0.4) is 0 Å². The van der Waals surface area contributed by atoms with Crippen molar-refractivity contribution in [2.75, 3.05) is 23.9 Å². The fourth-order valence-electron chi connectivity index (χ4n) is 4.24. The zero-order chi connectivity index (χ0) is 28.4. The van der Waals surface area contributed by atoms with Gasteiger partial charge in [0.05, 0.1) is 10.6 Å². The number of halogens is 1. The van der Waals surface area contributed by atoms with Gasteiger partial charge in [0.1, 0.15) is 18.4 Å². The molecule has 0 fully saturated rings. The number of carbonyl (C=O) groups excluding carboxylic acids is 2. The van der Waals surface area contributed by atoms with Crippen molar-refractivity contribution < 1.29 is 22.4 Å². The number of benzene rings is 3. The van der Waals surface area contributed by atoms with Crippen LogP contribution in [0.4, 0.5) is 10.1 Å². The molecule has 0 saturated carbocycles. The van der Waals surface area contributed by atoms with E-state index in [1.165, 1.54) is 29.2 Å². The third-order valence-corrected chi connectivity index (χ3v) is 8.21. The molecule has 0 saturated heterocycles. The fourth-order valence-corrected chi connectivity index (χ4v) is 5.65. The summed E-state index contributed by atoms with van der Waals surface area (Å²) in [4.78, 5) is 28.4. The molecule has 0 aliphatic rings. The summed E-state index contributed by atoms with van der Waals surface area (Å²) in [6, 6.07) is 20.1. The number of aryl methyl sites for hydroxylation is 1. The van der Waals surface area contributed by atoms with Gasteiger partial charge >= 0.3 is 0 Å². The second-order valence-electron chi connectivity index (χ2n) is 9.34. The van der Waals surface area contributed by atoms with Gasteiger partial charge in [-0.05, 0) is 68.1 Å². The van der Waals surface area contributed by atoms with E-state index in [-0.39, 0.29) is 23.0 Å². The van der Waals surface area contributed by atoms with E-state index >= 15 is 0 Å². The fraction of sp³-hybridized carbons (Fsp3) is 0.333. The van der Waals surface area contributed by atoms with Gasteiger partial charge in [0.2, 0.25) is 11.8 Å². The molecule has 208 valence electrons. The third-order valence-electron chi connectivity index (χ3n) is 6.42. The minimum absolute atomic E-state index is 0.00814. The monoisotopic (exact) mass is 553 g/mol. The van der Waals surface area contributed by atoms with Crippen molar-refractivity contribution >= 4 is 27.5 Å². The highest BCUT2D eigenvalue weighted by Gasteiger charge is 2.33. The molecular formula is C30H36FN3O4S. The van der Waals surface area contributed by atoms with E-state index < -0.39 is 34.3 Å². The Morgan fingerprint density at radius 1 is 0.923 bits per heavy atom. The number of hydrogen-bond acceptors (Lipinski definition) is 4. The van der Waals surface area contributed by atoms with Crippen LogP contribution in [-0.4, -0.2) is 50.8 Å². The van der Waals surface area contributed by atoms with E-state index in [9.17, 15) is 22.4 Å². The first-order valence-electron chi connectivity index (χ1n) is 13.1. The summed E-state index contributed by atoms with van der Waals surface area (Å²) in [5.41, 5.74) is 2.02. The van der Waals surface area contributed by atoms with Gasteiger partial charge in [0.15, 0.2) is 0 Å². The van der Waals surface area contributed by atoms with E-state index in [4.69, 9.17) is 0 Å². The van der Waals surface area contributed by atoms with Crippen LogP contribution in [0.15, 0.2) is 83.8 Å². The third kappa shape index (κ3) is 7.89. The zero-order valence-corrected chi connectivity index (χ0v) is 23.5. The quantitative estimate of drug-likeness (QED) is 0.332. The summed E-state index contributed by atoms with van der Waals surface area (Å²) >= 11 is 0. The maximum atomic E-state index is 13.9. The largest absolute Gasteiger partial charge is 0.354 e. The molecule has 0 radical (unpaired) electrons. The maximum Gasteiger partial charge on any atom is 0.264 e. The predicted molar refractivity (Wildman–Crippen MR) is 151 cm³/mol. The molecule has 2 amide bonds. The Hall–Kier alpha value is -3.72. The number of anilines is 1. The lowest BCUT2D eigenvalue weighted by atomic mass is 10.1. The smallest absolute Gasteiger partial charge is 0.264 e. The minimum Gasteiger partial charge on any atom is -0.354 e. The van der Waals surface area contributed by atoms with E-state index in [0.29, 0.717) is 19.4 Å². The molecule has 0 spiro atoms. The van der Waals surface area contributed by atoms with Gasteiger partial charge < -0.3 is 10.2 Å². The van der Waals surface area contributed by atoms with Gasteiger partial charge in [-0.2, -0.15) is 0 Å². The van der Waals surface area contributed by atoms with E-state index in [1.807, 2.05) is 51.1 Å². The van der Waals surface area contributed by atoms with Crippen molar-refractivity contribution in [3.8, 4) is 0 Å². The standard InChI is InChI=1S/C30H36FN3O4S/c1-4-20-32-30(36)28(5-2)33(21-19-24-9-7-6-8-10-24)29(35)22-34(26-15-13-25(31)14-16-26)39(37,38)27-17-11-23(3)12-18-27/h6-18,28H,4-5,19-22H2,1-3H3,(H,32,36)/t28-/m1/s1. The molecular weight excluding hydrogens is 517 g/mol. The minimum atomic E-state index is -4.18. The van der Waals surface area contributed by atoms with Crippen LogP contribution in [-0.2, 0) is 26.0 Å². The highest BCUT2D eigenvalue weighted by molar-refractivity contribution is 7.92. The molecule has 0 bridgehead atoms. The number of amides is 2. The zero-order valence-electron chi connectivity index (χ0n) is 22.6. The van der Waals surface area contributed by atoms with E-state index in [1.54, 1.807) is 12.1 Å². The maximum absolute atomic E-state index is 13.9. The summed E-state index contributed by atoms with van der Waals surface area (Å²) in [6.45, 7) is 5.75. The lowest BCUT2D eigenvalue weighted by Gasteiger charge is -2.33. The molecule has 9 heteroatoms. The second-order valence-corrected chi connectivity index (χ2v) is 11.2. The van der Waals surface area contributed by atoms with Crippen molar-refractivity contribution in [1.82, 2.24) is 10.2 Å². The Balaban J connectivity index is 1.99. The number of rotatable bonds is 13. The van der Waals surface area contributed by atoms with E-state index in [2.05, 4.69) is 5.32 Å². The lowest BCUT2D eigenvalue weighted by Crippen LogP contribution is -2.53. The molecule has 0 aromatic heterocycles. The molecule has 3 rings (SSSR count). The van der Waals surface area contributed by atoms with Gasteiger partial charge in [0.25, 0.3) is 10.0 Å². The van der Waals surface area contributed by atoms with Crippen LogP contribution < -0.4 is 9.62 Å². The number of nitrogens with one attached hydrogen (secondary N) is 1. The normalized spacial score (nSPS) is 12.0. The second kappa shape index (κ2) is 13.9. The summed E-state index contributed by atoms with van der Waals surface area (Å²) in [5, 5.41) is 2.86. The van der Waals surface area contributed by atoms with Gasteiger partial charge in [-0.15, -0.1) is 0 Å². The molecule has 0 heterocycles. The van der Waals surface area contributed by atoms with Crippen molar-refractivity contribution in [3.63, 3.8) is 0 Å². The van der Waals surface area contributed by atoms with Crippen LogP contribution in [0.2, 0.25) is 0 Å². The Bertz CT molecular complexity index is 1330. The Kier molecular flexibility index (Phi) is 10.6. The van der Waals surface area contributed by atoms with Crippen LogP contribution >= 0.6 is 0 Å². The Morgan fingerprint density at radius 3 is 2.15 bits per heavy atom. The summed E-state index contributed by atoms with van der Waals surface area (Å²) < 4.78 is 42.2. The lowest BCUT2D eigenvalue weighted by molar-refractivity contribution is -0.139. The molecule has 39 heavy (non-hydrogen) atoms. The highest BCUT2D eigenvalue weighted by atomic mass is 32.2. The molecule has 3 aromatic rings. The van der Waals surface area contributed by atoms with Gasteiger partial charge in [-0.25, -0.2) is 12.8 Å². The summed E-state index contributed by atoms with van der Waals surface area (Å²) in [7, 11) is -4.18. The van der Waals surface area contributed by atoms with Crippen LogP contribution in [0.5, 0.6) is 0 Å². The molecule has 3 aromatic carbocycles. The summed E-state index contributed by atoms with van der Waals surface area (Å²) in [6.07, 6.45) is 1.59. The highest BCUT2D eigenvalue weighted by Crippen LogP contribution is 2.25. The van der Waals surface area contributed by atoms with Crippen molar-refractivity contribution in [1.29, 1.82) is 0 Å². The van der Waals surface area contributed by atoms with Crippen molar-refractivity contribution in [2.45, 2.75) is 51.0 Å². The number of nitrogens with zero attached hydrogens (tertiary/aromatic N) is 2. The van der Waals surface area contributed by atoms with Crippen LogP contribution in [0, 0.1) is 12.7 Å². The van der Waals surface area contributed by atoms with Crippen molar-refractivity contribution in [2.24, 2.45) is 0 Å². The average Bonchev–Trinajstić information content (AvgIpc) is 2.93. The number of hydrogen-bond donors (Lipinski definition) is 1. The number of sulfonamides is 1. The predicted octanol–water partition coefficient (Wildman–Crippen LogP) is 4.71.